The van der Waals surface area contributed by atoms with Gasteiger partial charge in [0, 0.05) is 0 Å². The fraction of sp³-hybridized carbons (Fsp3) is 0.500. The highest BCUT2D eigenvalue weighted by Gasteiger charge is 2.67. The van der Waals surface area contributed by atoms with Crippen LogP contribution in [-0.4, -0.2) is 12.1 Å². The van der Waals surface area contributed by atoms with Crippen molar-refractivity contribution in [1.29, 1.82) is 15.9 Å². The topological polar surface area (TPSA) is 92.7 Å². The van der Waals surface area contributed by atoms with Gasteiger partial charge in [-0.25, -0.2) is 0 Å². The molecule has 6 heteroatoms. The third-order valence-electron chi connectivity index (χ3n) is 3.33. The Morgan fingerprint density at radius 1 is 1.50 bits per heavy atom. The highest BCUT2D eigenvalue weighted by atomic mass is 79.9. The summed E-state index contributed by atoms with van der Waals surface area (Å²) in [4.78, 5) is 0. The second kappa shape index (κ2) is 2.99. The molecule has 2 aliphatic rings. The van der Waals surface area contributed by atoms with Gasteiger partial charge in [0.15, 0.2) is 11.6 Å². The third kappa shape index (κ3) is 0.910. The molecule has 0 aromatic heterocycles. The van der Waals surface area contributed by atoms with Crippen LogP contribution < -0.4 is 5.32 Å². The first-order valence-corrected chi connectivity index (χ1v) is 5.45. The molecule has 0 aliphatic carbocycles. The maximum atomic E-state index is 9.39. The first-order valence-electron chi connectivity index (χ1n) is 4.65. The molecule has 0 aromatic rings. The van der Waals surface area contributed by atoms with Crippen LogP contribution in [-0.2, 0) is 4.74 Å². The number of nitrogens with zero attached hydrogens (tertiary/aromatic N) is 2. The van der Waals surface area contributed by atoms with Crippen molar-refractivity contribution < 1.29 is 4.74 Å². The minimum Gasteiger partial charge on any atom is -0.455 e. The van der Waals surface area contributed by atoms with Gasteiger partial charge >= 0.3 is 0 Å². The van der Waals surface area contributed by atoms with Crippen LogP contribution in [0.2, 0.25) is 0 Å². The molecule has 1 fully saturated rings. The first-order chi connectivity index (χ1) is 7.41. The zero-order valence-corrected chi connectivity index (χ0v) is 10.3. The predicted molar refractivity (Wildman–Crippen MR) is 59.1 cm³/mol. The number of nitriles is 2. The summed E-state index contributed by atoms with van der Waals surface area (Å²) in [5.41, 5.74) is -1.74. The molecule has 82 valence electrons. The third-order valence-corrected chi connectivity index (χ3v) is 3.96. The van der Waals surface area contributed by atoms with Gasteiger partial charge in [0.25, 0.3) is 0 Å². The van der Waals surface area contributed by atoms with Crippen molar-refractivity contribution in [3.05, 3.63) is 10.2 Å². The number of halogens is 1. The van der Waals surface area contributed by atoms with Crippen molar-refractivity contribution in [2.24, 2.45) is 10.8 Å². The molecule has 2 heterocycles. The molecule has 0 saturated carbocycles. The summed E-state index contributed by atoms with van der Waals surface area (Å²) in [5.74, 6) is -0.163. The fourth-order valence-electron chi connectivity index (χ4n) is 2.22. The molecule has 2 rings (SSSR count). The molecule has 0 radical (unpaired) electrons. The molecule has 1 saturated heterocycles. The lowest BCUT2D eigenvalue weighted by atomic mass is 9.62. The average molecular weight is 281 g/mol. The monoisotopic (exact) mass is 280 g/mol. The van der Waals surface area contributed by atoms with E-state index in [4.69, 9.17) is 15.4 Å². The van der Waals surface area contributed by atoms with E-state index in [0.29, 0.717) is 4.61 Å². The molecular formula is C10H9BrN4O. The second-order valence-electron chi connectivity index (χ2n) is 4.36. The SMILES string of the molecule is CC1(C)C2NC(Br)=C(C#N)C1(C#N)C(=N)O2. The summed E-state index contributed by atoms with van der Waals surface area (Å²) >= 11 is 3.21. The van der Waals surface area contributed by atoms with Gasteiger partial charge in [0.1, 0.15) is 0 Å². The van der Waals surface area contributed by atoms with Crippen molar-refractivity contribution in [2.75, 3.05) is 0 Å². The van der Waals surface area contributed by atoms with Crippen LogP contribution in [0.4, 0.5) is 0 Å². The Balaban J connectivity index is 2.80. The van der Waals surface area contributed by atoms with Crippen molar-refractivity contribution in [1.82, 2.24) is 5.32 Å². The van der Waals surface area contributed by atoms with Gasteiger partial charge < -0.3 is 10.1 Å². The summed E-state index contributed by atoms with van der Waals surface area (Å²) in [6.45, 7) is 3.62. The van der Waals surface area contributed by atoms with Crippen LogP contribution in [0.25, 0.3) is 0 Å². The molecule has 2 N–H and O–H groups in total. The maximum absolute atomic E-state index is 9.39. The summed E-state index contributed by atoms with van der Waals surface area (Å²) in [6, 6.07) is 4.07. The van der Waals surface area contributed by atoms with Gasteiger partial charge in [-0.2, -0.15) is 10.5 Å². The van der Waals surface area contributed by atoms with Crippen molar-refractivity contribution >= 4 is 21.8 Å². The standard InChI is InChI=1S/C10H9BrN4O/c1-9(2)8-15-6(11)5(3-12)10(9,4-13)7(14)16-8/h8,14-15H,1-2H3. The van der Waals surface area contributed by atoms with E-state index in [1.54, 1.807) is 0 Å². The summed E-state index contributed by atoms with van der Waals surface area (Å²) in [6.07, 6.45) is -0.467. The quantitative estimate of drug-likeness (QED) is 0.659. The van der Waals surface area contributed by atoms with Crippen LogP contribution in [0.15, 0.2) is 10.2 Å². The van der Waals surface area contributed by atoms with Gasteiger partial charge in [-0.1, -0.05) is 13.8 Å². The highest BCUT2D eigenvalue weighted by Crippen LogP contribution is 2.56. The highest BCUT2D eigenvalue weighted by molar-refractivity contribution is 9.11. The molecular weight excluding hydrogens is 272 g/mol. The largest absolute Gasteiger partial charge is 0.455 e. The average Bonchev–Trinajstić information content (AvgIpc) is 2.33. The van der Waals surface area contributed by atoms with E-state index in [1.165, 1.54) is 0 Å². The molecule has 0 amide bonds. The number of hydrogen-bond donors (Lipinski definition) is 2. The van der Waals surface area contributed by atoms with E-state index in [0.717, 1.165) is 0 Å². The summed E-state index contributed by atoms with van der Waals surface area (Å²) in [7, 11) is 0. The lowest BCUT2D eigenvalue weighted by Gasteiger charge is -2.38. The van der Waals surface area contributed by atoms with E-state index in [-0.39, 0.29) is 11.5 Å². The summed E-state index contributed by atoms with van der Waals surface area (Å²) in [5, 5.41) is 29.3. The number of nitrogens with one attached hydrogen (secondary N) is 2. The van der Waals surface area contributed by atoms with E-state index in [1.807, 2.05) is 19.9 Å². The van der Waals surface area contributed by atoms with E-state index in [2.05, 4.69) is 27.3 Å². The van der Waals surface area contributed by atoms with Gasteiger partial charge in [-0.15, -0.1) is 0 Å². The molecule has 2 aliphatic heterocycles. The molecule has 0 aromatic carbocycles. The number of fused-ring (bicyclic) bond motifs is 2. The normalized spacial score (nSPS) is 34.8. The van der Waals surface area contributed by atoms with E-state index < -0.39 is 17.1 Å². The number of hydrogen-bond acceptors (Lipinski definition) is 5. The first kappa shape index (κ1) is 11.0. The predicted octanol–water partition coefficient (Wildman–Crippen LogP) is 1.59. The van der Waals surface area contributed by atoms with Crippen LogP contribution >= 0.6 is 15.9 Å². The van der Waals surface area contributed by atoms with Crippen molar-refractivity contribution in [2.45, 2.75) is 20.1 Å². The Morgan fingerprint density at radius 2 is 2.12 bits per heavy atom. The van der Waals surface area contributed by atoms with Crippen LogP contribution in [0, 0.1) is 38.9 Å². The number of rotatable bonds is 0. The Hall–Kier alpha value is -1.53. The Labute approximate surface area is 101 Å². The Kier molecular flexibility index (Phi) is 2.05. The molecule has 2 unspecified atom stereocenters. The van der Waals surface area contributed by atoms with Crippen molar-refractivity contribution in [3.63, 3.8) is 0 Å². The molecule has 0 spiro atoms. The molecule has 2 bridgehead atoms. The van der Waals surface area contributed by atoms with Gasteiger partial charge in [-0.05, 0) is 15.9 Å². The zero-order chi connectivity index (χ0) is 12.1. The second-order valence-corrected chi connectivity index (χ2v) is 5.15. The van der Waals surface area contributed by atoms with E-state index >= 15 is 0 Å². The lowest BCUT2D eigenvalue weighted by Crippen LogP contribution is -2.51. The Bertz CT molecular complexity index is 496. The zero-order valence-electron chi connectivity index (χ0n) is 8.76. The van der Waals surface area contributed by atoms with Gasteiger partial charge in [-0.3, -0.25) is 5.41 Å². The fourth-order valence-corrected chi connectivity index (χ4v) is 2.82. The van der Waals surface area contributed by atoms with Gasteiger partial charge in [0.2, 0.25) is 5.90 Å². The van der Waals surface area contributed by atoms with Crippen LogP contribution in [0.5, 0.6) is 0 Å². The Morgan fingerprint density at radius 3 is 2.62 bits per heavy atom. The number of ether oxygens (including phenoxy) is 1. The summed E-state index contributed by atoms with van der Waals surface area (Å²) < 4.78 is 5.76. The smallest absolute Gasteiger partial charge is 0.209 e. The minimum absolute atomic E-state index is 0.163. The minimum atomic E-state index is -1.30. The molecule has 2 atom stereocenters. The van der Waals surface area contributed by atoms with Crippen LogP contribution in [0.3, 0.4) is 0 Å². The van der Waals surface area contributed by atoms with Crippen LogP contribution in [0.1, 0.15) is 13.8 Å². The van der Waals surface area contributed by atoms with Gasteiger partial charge in [0.05, 0.1) is 27.7 Å². The lowest BCUT2D eigenvalue weighted by molar-refractivity contribution is 0.0689. The van der Waals surface area contributed by atoms with Crippen molar-refractivity contribution in [3.8, 4) is 12.1 Å². The molecule has 5 nitrogen and oxygen atoms in total. The van der Waals surface area contributed by atoms with E-state index in [9.17, 15) is 5.26 Å². The maximum Gasteiger partial charge on any atom is 0.209 e. The molecule has 16 heavy (non-hydrogen) atoms.